The summed E-state index contributed by atoms with van der Waals surface area (Å²) in [6.07, 6.45) is 11.1. The van der Waals surface area contributed by atoms with Crippen LogP contribution in [-0.4, -0.2) is 77.3 Å². The van der Waals surface area contributed by atoms with Crippen molar-refractivity contribution in [1.82, 2.24) is 19.7 Å². The number of piperidine rings is 2. The zero-order valence-corrected chi connectivity index (χ0v) is 26.9. The van der Waals surface area contributed by atoms with E-state index in [1.807, 2.05) is 23.1 Å². The van der Waals surface area contributed by atoms with Gasteiger partial charge < -0.3 is 14.7 Å². The third-order valence-electron chi connectivity index (χ3n) is 10.3. The van der Waals surface area contributed by atoms with Crippen LogP contribution in [0.2, 0.25) is 10.0 Å². The standard InChI is InChI=1S/C36H42Cl2N4O2/c37-31-11-10-30(26-32(31)38)35(15-7-23-42(27-35)33(43)28-12-18-39-19-13-28)14-6-20-40-24-16-36(17-25-40,29-8-2-1-3-9-29)34(44)41-21-4-5-22-41/h1-3,8-13,18-19,26H,4-7,14-17,20-25,27H2. The van der Waals surface area contributed by atoms with Gasteiger partial charge >= 0.3 is 0 Å². The van der Waals surface area contributed by atoms with Crippen LogP contribution < -0.4 is 0 Å². The Morgan fingerprint density at radius 3 is 2.16 bits per heavy atom. The van der Waals surface area contributed by atoms with Crippen molar-refractivity contribution < 1.29 is 9.59 Å². The van der Waals surface area contributed by atoms with Gasteiger partial charge in [-0.25, -0.2) is 0 Å². The van der Waals surface area contributed by atoms with E-state index in [0.29, 0.717) is 28.1 Å². The molecule has 3 aliphatic rings. The first kappa shape index (κ1) is 31.1. The summed E-state index contributed by atoms with van der Waals surface area (Å²) in [7, 11) is 0. The van der Waals surface area contributed by atoms with Crippen molar-refractivity contribution in [2.24, 2.45) is 0 Å². The van der Waals surface area contributed by atoms with Gasteiger partial charge in [0.25, 0.3) is 5.91 Å². The minimum atomic E-state index is -0.430. The van der Waals surface area contributed by atoms with E-state index in [4.69, 9.17) is 23.2 Å². The molecule has 1 atom stereocenters. The van der Waals surface area contributed by atoms with Crippen LogP contribution >= 0.6 is 23.2 Å². The average molecular weight is 634 g/mol. The average Bonchev–Trinajstić information content (AvgIpc) is 3.62. The Morgan fingerprint density at radius 2 is 1.45 bits per heavy atom. The van der Waals surface area contributed by atoms with E-state index < -0.39 is 5.41 Å². The molecule has 4 heterocycles. The highest BCUT2D eigenvalue weighted by Gasteiger charge is 2.45. The highest BCUT2D eigenvalue weighted by atomic mass is 35.5. The number of halogens is 2. The van der Waals surface area contributed by atoms with E-state index in [-0.39, 0.29) is 11.3 Å². The molecule has 0 aliphatic carbocycles. The molecule has 44 heavy (non-hydrogen) atoms. The molecule has 1 aromatic heterocycles. The molecule has 2 amide bonds. The lowest BCUT2D eigenvalue weighted by molar-refractivity contribution is -0.138. The highest BCUT2D eigenvalue weighted by Crippen LogP contribution is 2.42. The Labute approximate surface area is 271 Å². The molecule has 3 aliphatic heterocycles. The number of pyridine rings is 1. The number of benzene rings is 2. The number of carbonyl (C=O) groups excluding carboxylic acids is 2. The molecule has 2 aromatic carbocycles. The predicted octanol–water partition coefficient (Wildman–Crippen LogP) is 7.00. The number of aromatic nitrogens is 1. The molecule has 1 unspecified atom stereocenters. The minimum Gasteiger partial charge on any atom is -0.342 e. The van der Waals surface area contributed by atoms with Gasteiger partial charge in [-0.3, -0.25) is 14.6 Å². The summed E-state index contributed by atoms with van der Waals surface area (Å²) in [5.74, 6) is 0.369. The van der Waals surface area contributed by atoms with Crippen LogP contribution in [0.5, 0.6) is 0 Å². The lowest BCUT2D eigenvalue weighted by atomic mass is 9.70. The van der Waals surface area contributed by atoms with Gasteiger partial charge in [-0.15, -0.1) is 0 Å². The van der Waals surface area contributed by atoms with Crippen molar-refractivity contribution in [3.63, 3.8) is 0 Å². The number of likely N-dealkylation sites (tertiary alicyclic amines) is 3. The molecule has 6 nitrogen and oxygen atoms in total. The number of hydrogen-bond acceptors (Lipinski definition) is 4. The molecular formula is C36H42Cl2N4O2. The summed E-state index contributed by atoms with van der Waals surface area (Å²) in [6, 6.07) is 20.0. The predicted molar refractivity (Wildman–Crippen MR) is 176 cm³/mol. The van der Waals surface area contributed by atoms with Gasteiger partial charge in [0.2, 0.25) is 5.91 Å². The van der Waals surface area contributed by atoms with Gasteiger partial charge in [0.15, 0.2) is 0 Å². The normalized spacial score (nSPS) is 22.2. The first-order chi connectivity index (χ1) is 21.4. The molecular weight excluding hydrogens is 591 g/mol. The third kappa shape index (κ3) is 6.40. The summed E-state index contributed by atoms with van der Waals surface area (Å²) in [5.41, 5.74) is 2.35. The van der Waals surface area contributed by atoms with E-state index in [0.717, 1.165) is 102 Å². The fourth-order valence-electron chi connectivity index (χ4n) is 7.80. The summed E-state index contributed by atoms with van der Waals surface area (Å²) >= 11 is 12.9. The topological polar surface area (TPSA) is 56.8 Å². The summed E-state index contributed by atoms with van der Waals surface area (Å²) < 4.78 is 0. The largest absolute Gasteiger partial charge is 0.342 e. The van der Waals surface area contributed by atoms with Crippen LogP contribution in [-0.2, 0) is 15.6 Å². The summed E-state index contributed by atoms with van der Waals surface area (Å²) in [6.45, 7) is 5.92. The van der Waals surface area contributed by atoms with Crippen LogP contribution in [0.15, 0.2) is 73.1 Å². The highest BCUT2D eigenvalue weighted by molar-refractivity contribution is 6.42. The maximum absolute atomic E-state index is 13.9. The van der Waals surface area contributed by atoms with Crippen molar-refractivity contribution in [2.45, 2.75) is 62.2 Å². The molecule has 3 fully saturated rings. The van der Waals surface area contributed by atoms with Crippen LogP contribution in [0, 0.1) is 0 Å². The smallest absolute Gasteiger partial charge is 0.253 e. The van der Waals surface area contributed by atoms with Gasteiger partial charge in [0.05, 0.1) is 15.5 Å². The Hall–Kier alpha value is -2.93. The van der Waals surface area contributed by atoms with E-state index in [1.54, 1.807) is 24.5 Å². The molecule has 0 bridgehead atoms. The lowest BCUT2D eigenvalue weighted by Gasteiger charge is -2.45. The second kappa shape index (κ2) is 13.6. The number of amides is 2. The number of hydrogen-bond donors (Lipinski definition) is 0. The van der Waals surface area contributed by atoms with E-state index in [9.17, 15) is 9.59 Å². The van der Waals surface area contributed by atoms with Crippen molar-refractivity contribution in [2.75, 3.05) is 45.8 Å². The van der Waals surface area contributed by atoms with Gasteiger partial charge in [-0.2, -0.15) is 0 Å². The molecule has 232 valence electrons. The summed E-state index contributed by atoms with van der Waals surface area (Å²) in [5, 5.41) is 1.10. The first-order valence-electron chi connectivity index (χ1n) is 16.1. The Balaban J connectivity index is 1.16. The van der Waals surface area contributed by atoms with Gasteiger partial charge in [0, 0.05) is 49.6 Å². The van der Waals surface area contributed by atoms with Crippen LogP contribution in [0.1, 0.15) is 72.9 Å². The number of rotatable bonds is 8. The number of nitrogens with zero attached hydrogens (tertiary/aromatic N) is 4. The SMILES string of the molecule is O=C(c1ccncc1)N1CCCC(CCCN2CCC(C(=O)N3CCCC3)(c3ccccc3)CC2)(c2ccc(Cl)c(Cl)c2)C1. The van der Waals surface area contributed by atoms with Crippen molar-refractivity contribution >= 4 is 35.0 Å². The molecule has 3 saturated heterocycles. The maximum atomic E-state index is 13.9. The molecule has 0 N–H and O–H groups in total. The zero-order valence-electron chi connectivity index (χ0n) is 25.4. The van der Waals surface area contributed by atoms with Crippen molar-refractivity contribution in [3.05, 3.63) is 99.8 Å². The molecule has 3 aromatic rings. The number of carbonyl (C=O) groups is 2. The Morgan fingerprint density at radius 1 is 0.750 bits per heavy atom. The Kier molecular flexibility index (Phi) is 9.60. The van der Waals surface area contributed by atoms with Gasteiger partial charge in [-0.05, 0) is 106 Å². The van der Waals surface area contributed by atoms with E-state index in [2.05, 4.69) is 45.1 Å². The van der Waals surface area contributed by atoms with Gasteiger partial charge in [-0.1, -0.05) is 59.6 Å². The van der Waals surface area contributed by atoms with Crippen molar-refractivity contribution in [3.8, 4) is 0 Å². The monoisotopic (exact) mass is 632 g/mol. The molecule has 6 rings (SSSR count). The second-order valence-electron chi connectivity index (χ2n) is 12.9. The third-order valence-corrected chi connectivity index (χ3v) is 11.0. The second-order valence-corrected chi connectivity index (χ2v) is 13.7. The quantitative estimate of drug-likeness (QED) is 0.268. The molecule has 8 heteroatoms. The fourth-order valence-corrected chi connectivity index (χ4v) is 8.10. The maximum Gasteiger partial charge on any atom is 0.253 e. The zero-order chi connectivity index (χ0) is 30.6. The van der Waals surface area contributed by atoms with E-state index in [1.165, 1.54) is 0 Å². The molecule has 0 spiro atoms. The van der Waals surface area contributed by atoms with Crippen LogP contribution in [0.3, 0.4) is 0 Å². The van der Waals surface area contributed by atoms with Crippen LogP contribution in [0.4, 0.5) is 0 Å². The minimum absolute atomic E-state index is 0.0486. The van der Waals surface area contributed by atoms with E-state index >= 15 is 0 Å². The Bertz CT molecular complexity index is 1440. The molecule has 0 radical (unpaired) electrons. The fraction of sp³-hybridized carbons (Fsp3) is 0.472. The summed E-state index contributed by atoms with van der Waals surface area (Å²) in [4.78, 5) is 38.2. The van der Waals surface area contributed by atoms with Crippen molar-refractivity contribution in [1.29, 1.82) is 0 Å². The van der Waals surface area contributed by atoms with Gasteiger partial charge in [0.1, 0.15) is 0 Å². The van der Waals surface area contributed by atoms with Crippen LogP contribution in [0.25, 0.3) is 0 Å². The molecule has 0 saturated carbocycles. The first-order valence-corrected chi connectivity index (χ1v) is 16.9. The lowest BCUT2D eigenvalue weighted by Crippen LogP contribution is -2.52.